The van der Waals surface area contributed by atoms with Crippen LogP contribution >= 0.6 is 23.2 Å². The van der Waals surface area contributed by atoms with Crippen LogP contribution in [0.25, 0.3) is 0 Å². The number of benzene rings is 3. The van der Waals surface area contributed by atoms with Gasteiger partial charge in [0, 0.05) is 23.3 Å². The number of nitrogens with zero attached hydrogens (tertiary/aromatic N) is 2. The summed E-state index contributed by atoms with van der Waals surface area (Å²) in [5.41, 5.74) is -0.546. The van der Waals surface area contributed by atoms with E-state index in [9.17, 15) is 24.8 Å². The van der Waals surface area contributed by atoms with Gasteiger partial charge >= 0.3 is 0 Å². The Morgan fingerprint density at radius 2 is 1.72 bits per heavy atom. The van der Waals surface area contributed by atoms with E-state index in [0.717, 1.165) is 0 Å². The minimum atomic E-state index is -2.06. The number of nitro benzene ring substituents is 1. The van der Waals surface area contributed by atoms with Crippen molar-refractivity contribution < 1.29 is 19.6 Å². The highest BCUT2D eigenvalue weighted by Gasteiger charge is 2.50. The van der Waals surface area contributed by atoms with Crippen LogP contribution in [0.3, 0.4) is 0 Å². The van der Waals surface area contributed by atoms with Crippen LogP contribution in [-0.2, 0) is 16.9 Å². The van der Waals surface area contributed by atoms with Gasteiger partial charge in [-0.3, -0.25) is 19.7 Å². The fraction of sp³-hybridized carbons (Fsp3) is 0.130. The molecule has 0 saturated carbocycles. The van der Waals surface area contributed by atoms with Gasteiger partial charge in [-0.1, -0.05) is 47.5 Å². The molecule has 162 valence electrons. The smallest absolute Gasteiger partial charge is 0.269 e. The molecule has 0 bridgehead atoms. The zero-order valence-electron chi connectivity index (χ0n) is 16.5. The van der Waals surface area contributed by atoms with Crippen molar-refractivity contribution in [2.24, 2.45) is 0 Å². The average molecular weight is 471 g/mol. The lowest BCUT2D eigenvalue weighted by atomic mass is 9.88. The monoisotopic (exact) mass is 470 g/mol. The number of carbonyl (C=O) groups excluding carboxylic acids is 2. The number of anilines is 1. The Morgan fingerprint density at radius 3 is 2.38 bits per heavy atom. The number of halogens is 2. The molecule has 0 radical (unpaired) electrons. The maximum Gasteiger partial charge on any atom is 0.269 e. The molecule has 1 amide bonds. The second-order valence-corrected chi connectivity index (χ2v) is 8.24. The van der Waals surface area contributed by atoms with E-state index in [-0.39, 0.29) is 17.8 Å². The summed E-state index contributed by atoms with van der Waals surface area (Å²) in [5.74, 6) is -1.15. The molecule has 1 unspecified atom stereocenters. The molecular weight excluding hydrogens is 455 g/mol. The van der Waals surface area contributed by atoms with Crippen molar-refractivity contribution in [2.75, 3.05) is 4.90 Å². The largest absolute Gasteiger partial charge is 0.375 e. The fourth-order valence-electron chi connectivity index (χ4n) is 3.76. The molecule has 3 aromatic carbocycles. The first-order valence-corrected chi connectivity index (χ1v) is 10.3. The quantitative estimate of drug-likeness (QED) is 0.313. The molecule has 1 atom stereocenters. The molecular formula is C23H16Cl2N2O5. The number of aliphatic hydroxyl groups is 1. The van der Waals surface area contributed by atoms with Crippen molar-refractivity contribution in [1.82, 2.24) is 0 Å². The first-order valence-electron chi connectivity index (χ1n) is 9.56. The third-order valence-electron chi connectivity index (χ3n) is 5.38. The molecule has 0 spiro atoms. The molecule has 0 fully saturated rings. The minimum Gasteiger partial charge on any atom is -0.375 e. The molecule has 1 heterocycles. The number of rotatable bonds is 6. The van der Waals surface area contributed by atoms with E-state index >= 15 is 0 Å². The van der Waals surface area contributed by atoms with Crippen LogP contribution in [0, 0.1) is 10.1 Å². The second-order valence-electron chi connectivity index (χ2n) is 7.42. The lowest BCUT2D eigenvalue weighted by Gasteiger charge is -2.23. The van der Waals surface area contributed by atoms with Crippen LogP contribution in [0.1, 0.15) is 27.9 Å². The van der Waals surface area contributed by atoms with E-state index in [1.807, 2.05) is 0 Å². The SMILES string of the molecule is O=C(CC1(O)C(=O)N(Cc2ccc(Cl)c(Cl)c2)c2ccccc21)c1ccc([N+](=O)[O-])cc1. The number of ketones is 1. The van der Waals surface area contributed by atoms with Gasteiger partial charge in [0.05, 0.1) is 33.6 Å². The third kappa shape index (κ3) is 3.86. The average Bonchev–Trinajstić information content (AvgIpc) is 2.98. The summed E-state index contributed by atoms with van der Waals surface area (Å²) >= 11 is 12.1. The molecule has 4 rings (SSSR count). The number of para-hydroxylation sites is 1. The Balaban J connectivity index is 1.64. The van der Waals surface area contributed by atoms with Crippen LogP contribution in [0.4, 0.5) is 11.4 Å². The van der Waals surface area contributed by atoms with Gasteiger partial charge in [-0.2, -0.15) is 0 Å². The number of fused-ring (bicyclic) bond motifs is 1. The molecule has 32 heavy (non-hydrogen) atoms. The summed E-state index contributed by atoms with van der Waals surface area (Å²) in [5, 5.41) is 22.9. The second kappa shape index (κ2) is 8.35. The maximum atomic E-state index is 13.3. The molecule has 0 saturated heterocycles. The Kier molecular flexibility index (Phi) is 5.73. The summed E-state index contributed by atoms with van der Waals surface area (Å²) in [4.78, 5) is 37.8. The standard InChI is InChI=1S/C23H16Cl2N2O5/c24-18-10-5-14(11-19(18)25)13-26-20-4-2-1-3-17(20)23(30,22(26)29)12-21(28)15-6-8-16(9-7-15)27(31)32/h1-11,30H,12-13H2. The van der Waals surface area contributed by atoms with E-state index in [2.05, 4.69) is 0 Å². The van der Waals surface area contributed by atoms with E-state index < -0.39 is 28.6 Å². The first-order chi connectivity index (χ1) is 15.2. The van der Waals surface area contributed by atoms with Gasteiger partial charge in [0.25, 0.3) is 11.6 Å². The van der Waals surface area contributed by atoms with Gasteiger partial charge in [0.1, 0.15) is 0 Å². The van der Waals surface area contributed by atoms with Crippen molar-refractivity contribution >= 4 is 46.3 Å². The fourth-order valence-corrected chi connectivity index (χ4v) is 4.08. The van der Waals surface area contributed by atoms with Gasteiger partial charge < -0.3 is 10.0 Å². The lowest BCUT2D eigenvalue weighted by Crippen LogP contribution is -2.41. The van der Waals surface area contributed by atoms with Crippen molar-refractivity contribution in [2.45, 2.75) is 18.6 Å². The molecule has 9 heteroatoms. The van der Waals surface area contributed by atoms with Crippen LogP contribution in [0.2, 0.25) is 10.0 Å². The molecule has 1 aliphatic rings. The normalized spacial score (nSPS) is 17.3. The summed E-state index contributed by atoms with van der Waals surface area (Å²) < 4.78 is 0. The van der Waals surface area contributed by atoms with Gasteiger partial charge in [0.2, 0.25) is 0 Å². The van der Waals surface area contributed by atoms with Crippen LogP contribution in [-0.4, -0.2) is 21.7 Å². The minimum absolute atomic E-state index is 0.126. The Bertz CT molecular complexity index is 1250. The maximum absolute atomic E-state index is 13.3. The number of nitro groups is 1. The number of Topliss-reactive ketones (excluding diaryl/α,β-unsaturated/α-hetero) is 1. The third-order valence-corrected chi connectivity index (χ3v) is 6.12. The number of amides is 1. The van der Waals surface area contributed by atoms with Crippen LogP contribution < -0.4 is 4.90 Å². The van der Waals surface area contributed by atoms with Gasteiger partial charge in [-0.25, -0.2) is 0 Å². The Labute approximate surface area is 193 Å². The van der Waals surface area contributed by atoms with E-state index in [1.165, 1.54) is 29.2 Å². The van der Waals surface area contributed by atoms with Gasteiger partial charge in [-0.15, -0.1) is 0 Å². The predicted octanol–water partition coefficient (Wildman–Crippen LogP) is 4.91. The lowest BCUT2D eigenvalue weighted by molar-refractivity contribution is -0.384. The number of carbonyl (C=O) groups is 2. The summed E-state index contributed by atoms with van der Waals surface area (Å²) in [6.07, 6.45) is -0.501. The zero-order valence-corrected chi connectivity index (χ0v) is 18.0. The van der Waals surface area contributed by atoms with Crippen molar-refractivity contribution in [3.8, 4) is 0 Å². The summed E-state index contributed by atoms with van der Waals surface area (Å²) in [6, 6.07) is 16.7. The highest BCUT2D eigenvalue weighted by molar-refractivity contribution is 6.42. The van der Waals surface area contributed by atoms with Crippen molar-refractivity contribution in [3.05, 3.63) is 104 Å². The molecule has 1 aliphatic heterocycles. The highest BCUT2D eigenvalue weighted by Crippen LogP contribution is 2.43. The van der Waals surface area contributed by atoms with Crippen LogP contribution in [0.15, 0.2) is 66.7 Å². The molecule has 0 aromatic heterocycles. The number of non-ortho nitro benzene ring substituents is 1. The highest BCUT2D eigenvalue weighted by atomic mass is 35.5. The van der Waals surface area contributed by atoms with Gasteiger partial charge in [-0.05, 0) is 35.9 Å². The Hall–Kier alpha value is -3.26. The topological polar surface area (TPSA) is 101 Å². The number of hydrogen-bond acceptors (Lipinski definition) is 5. The summed E-state index contributed by atoms with van der Waals surface area (Å²) in [6.45, 7) is 0.126. The predicted molar refractivity (Wildman–Crippen MR) is 120 cm³/mol. The molecule has 0 aliphatic carbocycles. The number of hydrogen-bond donors (Lipinski definition) is 1. The van der Waals surface area contributed by atoms with E-state index in [4.69, 9.17) is 23.2 Å². The first kappa shape index (κ1) is 22.0. The van der Waals surface area contributed by atoms with Crippen LogP contribution in [0.5, 0.6) is 0 Å². The molecule has 3 aromatic rings. The van der Waals surface area contributed by atoms with E-state index in [1.54, 1.807) is 42.5 Å². The zero-order chi connectivity index (χ0) is 23.0. The van der Waals surface area contributed by atoms with Crippen molar-refractivity contribution in [3.63, 3.8) is 0 Å². The summed E-state index contributed by atoms with van der Waals surface area (Å²) in [7, 11) is 0. The van der Waals surface area contributed by atoms with E-state index in [0.29, 0.717) is 26.9 Å². The molecule has 1 N–H and O–H groups in total. The van der Waals surface area contributed by atoms with Gasteiger partial charge in [0.15, 0.2) is 11.4 Å². The molecule has 7 nitrogen and oxygen atoms in total. The van der Waals surface area contributed by atoms with Crippen molar-refractivity contribution in [1.29, 1.82) is 0 Å². The Morgan fingerprint density at radius 1 is 1.03 bits per heavy atom.